The Morgan fingerprint density at radius 3 is 2.78 bits per heavy atom. The highest BCUT2D eigenvalue weighted by atomic mass is 16.5. The molecule has 0 atom stereocenters. The van der Waals surface area contributed by atoms with Crippen LogP contribution < -0.4 is 10.2 Å². The minimum absolute atomic E-state index is 0.0886. The van der Waals surface area contributed by atoms with Gasteiger partial charge in [-0.05, 0) is 48.9 Å². The summed E-state index contributed by atoms with van der Waals surface area (Å²) in [5, 5.41) is 20.4. The van der Waals surface area contributed by atoms with Crippen molar-refractivity contribution in [1.29, 1.82) is 0 Å². The number of para-hydroxylation sites is 1. The molecule has 0 fully saturated rings. The number of amides is 1. The third kappa shape index (κ3) is 4.72. The quantitative estimate of drug-likeness (QED) is 0.442. The van der Waals surface area contributed by atoms with Gasteiger partial charge in [0.15, 0.2) is 0 Å². The van der Waals surface area contributed by atoms with E-state index in [1.807, 2.05) is 24.3 Å². The van der Waals surface area contributed by atoms with Crippen molar-refractivity contribution in [3.05, 3.63) is 65.9 Å². The van der Waals surface area contributed by atoms with E-state index >= 15 is 0 Å². The normalized spacial score (nSPS) is 10.9. The number of hydrogen-bond acceptors (Lipinski definition) is 5. The molecule has 0 aliphatic carbocycles. The number of aromatic hydroxyl groups is 1. The number of ether oxygens (including phenoxy) is 1. The number of carbonyl (C=O) groups is 1. The summed E-state index contributed by atoms with van der Waals surface area (Å²) in [5.41, 5.74) is 4.70. The van der Waals surface area contributed by atoms with Gasteiger partial charge in [-0.3, -0.25) is 9.89 Å². The second kappa shape index (κ2) is 8.66. The average molecular weight is 364 g/mol. The van der Waals surface area contributed by atoms with Crippen molar-refractivity contribution in [2.75, 3.05) is 6.61 Å². The van der Waals surface area contributed by atoms with Gasteiger partial charge in [0, 0.05) is 11.1 Å². The van der Waals surface area contributed by atoms with E-state index in [4.69, 9.17) is 4.74 Å². The van der Waals surface area contributed by atoms with Crippen molar-refractivity contribution < 1.29 is 14.6 Å². The first-order valence-electron chi connectivity index (χ1n) is 8.57. The second-order valence-corrected chi connectivity index (χ2v) is 5.80. The van der Waals surface area contributed by atoms with E-state index in [1.165, 1.54) is 6.21 Å². The molecule has 0 bridgehead atoms. The molecule has 7 heteroatoms. The molecular formula is C20H20N4O3. The first-order chi connectivity index (χ1) is 13.2. The number of H-pyrrole nitrogens is 1. The lowest BCUT2D eigenvalue weighted by Crippen LogP contribution is -2.18. The molecule has 27 heavy (non-hydrogen) atoms. The summed E-state index contributed by atoms with van der Waals surface area (Å²) in [7, 11) is 0. The number of aromatic nitrogens is 2. The summed E-state index contributed by atoms with van der Waals surface area (Å²) in [6, 6.07) is 15.9. The molecule has 0 saturated carbocycles. The van der Waals surface area contributed by atoms with Crippen molar-refractivity contribution in [3.63, 3.8) is 0 Å². The van der Waals surface area contributed by atoms with Gasteiger partial charge >= 0.3 is 0 Å². The summed E-state index contributed by atoms with van der Waals surface area (Å²) in [4.78, 5) is 12.2. The van der Waals surface area contributed by atoms with E-state index in [-0.39, 0.29) is 11.4 Å². The van der Waals surface area contributed by atoms with Crippen LogP contribution in [0.5, 0.6) is 11.5 Å². The van der Waals surface area contributed by atoms with Crippen molar-refractivity contribution >= 4 is 12.1 Å². The van der Waals surface area contributed by atoms with E-state index < -0.39 is 5.91 Å². The van der Waals surface area contributed by atoms with Crippen LogP contribution in [0.15, 0.2) is 59.7 Å². The summed E-state index contributed by atoms with van der Waals surface area (Å²) < 4.78 is 5.55. The summed E-state index contributed by atoms with van der Waals surface area (Å²) in [6.45, 7) is 2.73. The number of rotatable bonds is 7. The molecule has 0 unspecified atom stereocenters. The first kappa shape index (κ1) is 18.2. The zero-order valence-electron chi connectivity index (χ0n) is 14.8. The maximum Gasteiger partial charge on any atom is 0.289 e. The van der Waals surface area contributed by atoms with Crippen LogP contribution in [0, 0.1) is 0 Å². The Morgan fingerprint density at radius 2 is 2.04 bits per heavy atom. The fourth-order valence-electron chi connectivity index (χ4n) is 2.35. The molecule has 0 aliphatic heterocycles. The Bertz CT molecular complexity index is 932. The van der Waals surface area contributed by atoms with Crippen molar-refractivity contribution in [1.82, 2.24) is 15.6 Å². The van der Waals surface area contributed by atoms with Gasteiger partial charge in [-0.25, -0.2) is 5.43 Å². The number of nitrogens with zero attached hydrogens (tertiary/aromatic N) is 2. The number of benzene rings is 2. The van der Waals surface area contributed by atoms with Gasteiger partial charge < -0.3 is 9.84 Å². The number of aromatic amines is 1. The lowest BCUT2D eigenvalue weighted by atomic mass is 10.1. The lowest BCUT2D eigenvalue weighted by Gasteiger charge is -2.04. The molecule has 7 nitrogen and oxygen atoms in total. The van der Waals surface area contributed by atoms with Gasteiger partial charge in [0.1, 0.15) is 17.2 Å². The van der Waals surface area contributed by atoms with Crippen LogP contribution in [-0.2, 0) is 0 Å². The molecule has 1 aromatic heterocycles. The number of hydrogen-bond donors (Lipinski definition) is 3. The Labute approximate surface area is 156 Å². The molecule has 1 amide bonds. The van der Waals surface area contributed by atoms with Crippen LogP contribution in [0.3, 0.4) is 0 Å². The maximum atomic E-state index is 12.2. The molecule has 3 rings (SSSR count). The van der Waals surface area contributed by atoms with E-state index in [2.05, 4.69) is 27.6 Å². The third-order valence-corrected chi connectivity index (χ3v) is 3.75. The van der Waals surface area contributed by atoms with Gasteiger partial charge in [-0.2, -0.15) is 10.2 Å². The van der Waals surface area contributed by atoms with Crippen LogP contribution in [0.25, 0.3) is 11.3 Å². The third-order valence-electron chi connectivity index (χ3n) is 3.75. The van der Waals surface area contributed by atoms with Crippen LogP contribution in [-0.4, -0.2) is 34.0 Å². The molecule has 138 valence electrons. The van der Waals surface area contributed by atoms with E-state index in [9.17, 15) is 9.90 Å². The molecule has 0 aliphatic rings. The van der Waals surface area contributed by atoms with Gasteiger partial charge in [-0.1, -0.05) is 19.1 Å². The second-order valence-electron chi connectivity index (χ2n) is 5.80. The van der Waals surface area contributed by atoms with Gasteiger partial charge in [0.25, 0.3) is 5.91 Å². The summed E-state index contributed by atoms with van der Waals surface area (Å²) >= 11 is 0. The van der Waals surface area contributed by atoms with Crippen LogP contribution in [0.4, 0.5) is 0 Å². The van der Waals surface area contributed by atoms with E-state index in [0.717, 1.165) is 17.7 Å². The fourth-order valence-corrected chi connectivity index (χ4v) is 2.35. The Kier molecular flexibility index (Phi) is 5.84. The molecule has 0 saturated heterocycles. The maximum absolute atomic E-state index is 12.2. The minimum Gasteiger partial charge on any atom is -0.507 e. The highest BCUT2D eigenvalue weighted by molar-refractivity contribution is 5.94. The van der Waals surface area contributed by atoms with Crippen molar-refractivity contribution in [2.24, 2.45) is 5.10 Å². The molecule has 1 heterocycles. The number of phenols is 1. The minimum atomic E-state index is -0.427. The first-order valence-corrected chi connectivity index (χ1v) is 8.57. The molecule has 2 aromatic carbocycles. The number of carbonyl (C=O) groups excluding carboxylic acids is 1. The van der Waals surface area contributed by atoms with Gasteiger partial charge in [0.05, 0.1) is 18.5 Å². The predicted molar refractivity (Wildman–Crippen MR) is 103 cm³/mol. The SMILES string of the molecule is CCCOc1ccc(-c2cc(C(=O)NN=Cc3ccccc3O)[nH]n2)cc1. The van der Waals surface area contributed by atoms with Crippen LogP contribution >= 0.6 is 0 Å². The van der Waals surface area contributed by atoms with Gasteiger partial charge in [0.2, 0.25) is 0 Å². The fraction of sp³-hybridized carbons (Fsp3) is 0.150. The lowest BCUT2D eigenvalue weighted by molar-refractivity contribution is 0.0950. The predicted octanol–water partition coefficient (Wildman–Crippen LogP) is 3.34. The van der Waals surface area contributed by atoms with Crippen LogP contribution in [0.1, 0.15) is 29.4 Å². The molecule has 3 aromatic rings. The van der Waals surface area contributed by atoms with E-state index in [1.54, 1.807) is 30.3 Å². The molecule has 3 N–H and O–H groups in total. The highest BCUT2D eigenvalue weighted by Crippen LogP contribution is 2.21. The monoisotopic (exact) mass is 364 g/mol. The Morgan fingerprint density at radius 1 is 1.26 bits per heavy atom. The summed E-state index contributed by atoms with van der Waals surface area (Å²) in [6.07, 6.45) is 2.32. The number of hydrazone groups is 1. The number of nitrogens with one attached hydrogen (secondary N) is 2. The van der Waals surface area contributed by atoms with E-state index in [0.29, 0.717) is 17.9 Å². The Hall–Kier alpha value is -3.61. The van der Waals surface area contributed by atoms with Crippen molar-refractivity contribution in [3.8, 4) is 22.8 Å². The van der Waals surface area contributed by atoms with Crippen molar-refractivity contribution in [2.45, 2.75) is 13.3 Å². The smallest absolute Gasteiger partial charge is 0.289 e. The Balaban J connectivity index is 1.63. The molecule has 0 radical (unpaired) electrons. The molecular weight excluding hydrogens is 344 g/mol. The highest BCUT2D eigenvalue weighted by Gasteiger charge is 2.10. The largest absolute Gasteiger partial charge is 0.507 e. The summed E-state index contributed by atoms with van der Waals surface area (Å²) in [5.74, 6) is 0.460. The topological polar surface area (TPSA) is 99.6 Å². The standard InChI is InChI=1S/C20H20N4O3/c1-2-11-27-16-9-7-14(8-10-16)17-12-18(23-22-17)20(26)24-21-13-15-5-3-4-6-19(15)25/h3-10,12-13,25H,2,11H2,1H3,(H,22,23)(H,24,26). The van der Waals surface area contributed by atoms with Crippen LogP contribution in [0.2, 0.25) is 0 Å². The molecule has 0 spiro atoms. The number of phenolic OH excluding ortho intramolecular Hbond substituents is 1. The van der Waals surface area contributed by atoms with Gasteiger partial charge in [-0.15, -0.1) is 0 Å². The zero-order valence-corrected chi connectivity index (χ0v) is 14.8. The average Bonchev–Trinajstić information content (AvgIpc) is 3.18. The zero-order chi connectivity index (χ0) is 19.1.